The summed E-state index contributed by atoms with van der Waals surface area (Å²) in [4.78, 5) is 27.3. The van der Waals surface area contributed by atoms with Crippen molar-refractivity contribution in [1.29, 1.82) is 5.26 Å². The lowest BCUT2D eigenvalue weighted by Crippen LogP contribution is -2.52. The molecule has 2 fully saturated rings. The van der Waals surface area contributed by atoms with Crippen LogP contribution in [-0.2, 0) is 10.3 Å². The minimum absolute atomic E-state index is 0.0126. The van der Waals surface area contributed by atoms with E-state index in [4.69, 9.17) is 5.26 Å². The Morgan fingerprint density at radius 3 is 2.39 bits per heavy atom. The largest absolute Gasteiger partial charge is 0.346 e. The summed E-state index contributed by atoms with van der Waals surface area (Å²) >= 11 is 0. The quantitative estimate of drug-likeness (QED) is 0.894. The van der Waals surface area contributed by atoms with E-state index in [1.165, 1.54) is 0 Å². The molecule has 1 atom stereocenters. The number of nitrogens with one attached hydrogen (secondary N) is 1. The van der Waals surface area contributed by atoms with Crippen LogP contribution in [0.5, 0.6) is 0 Å². The number of hydrogen-bond donors (Lipinski definition) is 1. The number of benzene rings is 2. The average molecular weight is 373 g/mol. The van der Waals surface area contributed by atoms with Crippen molar-refractivity contribution in [2.45, 2.75) is 31.2 Å². The molecule has 1 unspecified atom stereocenters. The number of hydrogen-bond acceptors (Lipinski definition) is 3. The molecule has 5 nitrogen and oxygen atoms in total. The van der Waals surface area contributed by atoms with Crippen molar-refractivity contribution in [2.75, 3.05) is 13.1 Å². The van der Waals surface area contributed by atoms with E-state index >= 15 is 0 Å². The van der Waals surface area contributed by atoms with Crippen LogP contribution in [0, 0.1) is 17.2 Å². The highest BCUT2D eigenvalue weighted by atomic mass is 16.2. The number of carbonyl (C=O) groups excluding carboxylic acids is 2. The van der Waals surface area contributed by atoms with Gasteiger partial charge in [-0.2, -0.15) is 5.26 Å². The molecule has 142 valence electrons. The summed E-state index contributed by atoms with van der Waals surface area (Å²) in [6.07, 6.45) is 3.57. The zero-order valence-electron chi connectivity index (χ0n) is 15.7. The number of nitriles is 1. The highest BCUT2D eigenvalue weighted by Gasteiger charge is 2.42. The smallest absolute Gasteiger partial charge is 0.253 e. The summed E-state index contributed by atoms with van der Waals surface area (Å²) in [7, 11) is 0. The van der Waals surface area contributed by atoms with Crippen molar-refractivity contribution in [3.63, 3.8) is 0 Å². The van der Waals surface area contributed by atoms with Crippen LogP contribution in [-0.4, -0.2) is 29.8 Å². The normalized spacial score (nSPS) is 20.1. The summed E-state index contributed by atoms with van der Waals surface area (Å²) in [6, 6.07) is 18.8. The molecule has 1 saturated carbocycles. The third-order valence-corrected chi connectivity index (χ3v) is 6.00. The van der Waals surface area contributed by atoms with Crippen LogP contribution in [0.1, 0.15) is 47.2 Å². The van der Waals surface area contributed by atoms with E-state index in [0.717, 1.165) is 24.8 Å². The Morgan fingerprint density at radius 2 is 1.79 bits per heavy atom. The second kappa shape index (κ2) is 7.47. The van der Waals surface area contributed by atoms with E-state index in [9.17, 15) is 9.59 Å². The van der Waals surface area contributed by atoms with E-state index in [-0.39, 0.29) is 23.3 Å². The molecule has 28 heavy (non-hydrogen) atoms. The van der Waals surface area contributed by atoms with Crippen molar-refractivity contribution in [1.82, 2.24) is 10.2 Å². The summed E-state index contributed by atoms with van der Waals surface area (Å²) in [5.41, 5.74) is 2.01. The predicted molar refractivity (Wildman–Crippen MR) is 105 cm³/mol. The lowest BCUT2D eigenvalue weighted by atomic mass is 9.71. The molecule has 1 aliphatic carbocycles. The first kappa shape index (κ1) is 18.2. The van der Waals surface area contributed by atoms with Gasteiger partial charge in [-0.3, -0.25) is 9.59 Å². The van der Waals surface area contributed by atoms with Crippen LogP contribution in [0.2, 0.25) is 0 Å². The molecule has 1 aliphatic heterocycles. The van der Waals surface area contributed by atoms with E-state index in [0.29, 0.717) is 30.6 Å². The fourth-order valence-electron chi connectivity index (χ4n) is 4.14. The van der Waals surface area contributed by atoms with Gasteiger partial charge in [-0.15, -0.1) is 0 Å². The first-order chi connectivity index (χ1) is 13.6. The molecule has 0 bridgehead atoms. The maximum Gasteiger partial charge on any atom is 0.253 e. The summed E-state index contributed by atoms with van der Waals surface area (Å²) in [5, 5.41) is 12.3. The zero-order valence-corrected chi connectivity index (χ0v) is 15.7. The Balaban J connectivity index is 1.42. The van der Waals surface area contributed by atoms with Gasteiger partial charge >= 0.3 is 0 Å². The second-order valence-corrected chi connectivity index (χ2v) is 7.72. The van der Waals surface area contributed by atoms with E-state index in [2.05, 4.69) is 11.4 Å². The monoisotopic (exact) mass is 373 g/mol. The van der Waals surface area contributed by atoms with Gasteiger partial charge in [-0.25, -0.2) is 0 Å². The summed E-state index contributed by atoms with van der Waals surface area (Å²) < 4.78 is 0. The summed E-state index contributed by atoms with van der Waals surface area (Å²) in [5.74, 6) is -0.169. The van der Waals surface area contributed by atoms with E-state index in [1.54, 1.807) is 17.0 Å². The molecule has 2 aliphatic rings. The highest BCUT2D eigenvalue weighted by molar-refractivity contribution is 5.95. The molecule has 2 aromatic carbocycles. The first-order valence-corrected chi connectivity index (χ1v) is 9.78. The Bertz CT molecular complexity index is 911. The number of amides is 2. The van der Waals surface area contributed by atoms with Crippen LogP contribution in [0.3, 0.4) is 0 Å². The van der Waals surface area contributed by atoms with Crippen LogP contribution in [0.25, 0.3) is 0 Å². The Morgan fingerprint density at radius 1 is 1.07 bits per heavy atom. The van der Waals surface area contributed by atoms with Crippen molar-refractivity contribution in [3.05, 3.63) is 71.3 Å². The maximum absolute atomic E-state index is 13.0. The van der Waals surface area contributed by atoms with Gasteiger partial charge in [0.1, 0.15) is 0 Å². The van der Waals surface area contributed by atoms with Crippen molar-refractivity contribution in [3.8, 4) is 6.07 Å². The SMILES string of the molecule is N#Cc1ccc(C2(NC(=O)C3CCN(C(=O)c4ccccc4)C3)CCC2)cc1. The topological polar surface area (TPSA) is 73.2 Å². The van der Waals surface area contributed by atoms with E-state index < -0.39 is 0 Å². The van der Waals surface area contributed by atoms with Crippen LogP contribution >= 0.6 is 0 Å². The summed E-state index contributed by atoms with van der Waals surface area (Å²) in [6.45, 7) is 1.07. The molecule has 0 aromatic heterocycles. The molecule has 0 spiro atoms. The van der Waals surface area contributed by atoms with Gasteiger partial charge < -0.3 is 10.2 Å². The molecule has 1 heterocycles. The number of rotatable bonds is 4. The number of carbonyl (C=O) groups is 2. The zero-order chi connectivity index (χ0) is 19.6. The van der Waals surface area contributed by atoms with Gasteiger partial charge in [0.2, 0.25) is 5.91 Å². The first-order valence-electron chi connectivity index (χ1n) is 9.78. The third-order valence-electron chi connectivity index (χ3n) is 6.00. The van der Waals surface area contributed by atoms with Gasteiger partial charge in [0.05, 0.1) is 23.1 Å². The molecule has 1 N–H and O–H groups in total. The molecular weight excluding hydrogens is 350 g/mol. The van der Waals surface area contributed by atoms with Gasteiger partial charge in [0.25, 0.3) is 5.91 Å². The Labute approximate surface area is 165 Å². The minimum atomic E-state index is -0.331. The molecule has 2 aromatic rings. The fourth-order valence-corrected chi connectivity index (χ4v) is 4.14. The fraction of sp³-hybridized carbons (Fsp3) is 0.348. The van der Waals surface area contributed by atoms with Crippen LogP contribution in [0.4, 0.5) is 0 Å². The van der Waals surface area contributed by atoms with Gasteiger partial charge in [-0.05, 0) is 55.5 Å². The molecule has 2 amide bonds. The maximum atomic E-state index is 13.0. The average Bonchev–Trinajstić information content (AvgIpc) is 3.21. The Kier molecular flexibility index (Phi) is 4.87. The van der Waals surface area contributed by atoms with Crippen LogP contribution < -0.4 is 5.32 Å². The molecule has 1 saturated heterocycles. The number of nitrogens with zero attached hydrogens (tertiary/aromatic N) is 2. The second-order valence-electron chi connectivity index (χ2n) is 7.72. The van der Waals surface area contributed by atoms with Crippen molar-refractivity contribution in [2.24, 2.45) is 5.92 Å². The van der Waals surface area contributed by atoms with Crippen LogP contribution in [0.15, 0.2) is 54.6 Å². The molecular formula is C23H23N3O2. The van der Waals surface area contributed by atoms with Gasteiger partial charge in [-0.1, -0.05) is 30.3 Å². The van der Waals surface area contributed by atoms with Gasteiger partial charge in [0, 0.05) is 18.7 Å². The van der Waals surface area contributed by atoms with Crippen molar-refractivity contribution < 1.29 is 9.59 Å². The lowest BCUT2D eigenvalue weighted by molar-refractivity contribution is -0.127. The van der Waals surface area contributed by atoms with Crippen molar-refractivity contribution >= 4 is 11.8 Å². The minimum Gasteiger partial charge on any atom is -0.346 e. The Hall–Kier alpha value is -3.13. The van der Waals surface area contributed by atoms with E-state index in [1.807, 2.05) is 42.5 Å². The lowest BCUT2D eigenvalue weighted by Gasteiger charge is -2.43. The third kappa shape index (κ3) is 3.38. The highest BCUT2D eigenvalue weighted by Crippen LogP contribution is 2.41. The predicted octanol–water partition coefficient (Wildman–Crippen LogP) is 3.22. The molecule has 0 radical (unpaired) electrons. The molecule has 4 rings (SSSR count). The molecule has 5 heteroatoms. The number of likely N-dealkylation sites (tertiary alicyclic amines) is 1. The standard InChI is InChI=1S/C23H23N3O2/c24-15-17-7-9-20(10-8-17)23(12-4-13-23)25-21(27)19-11-14-26(16-19)22(28)18-5-2-1-3-6-18/h1-3,5-10,19H,4,11-14,16H2,(H,25,27). The van der Waals surface area contributed by atoms with Gasteiger partial charge in [0.15, 0.2) is 0 Å².